The van der Waals surface area contributed by atoms with Gasteiger partial charge in [0.2, 0.25) is 0 Å². The lowest BCUT2D eigenvalue weighted by atomic mass is 9.99. The quantitative estimate of drug-likeness (QED) is 0.0487. The van der Waals surface area contributed by atoms with Gasteiger partial charge in [-0.1, -0.05) is 162 Å². The number of para-hydroxylation sites is 4. The number of hydrogen-bond donors (Lipinski definition) is 4. The minimum atomic E-state index is -0.153. The smallest absolute Gasteiger partial charge is 0.124 e. The van der Waals surface area contributed by atoms with E-state index in [-0.39, 0.29) is 19.8 Å². The summed E-state index contributed by atoms with van der Waals surface area (Å²) in [6.45, 7) is 29.3. The van der Waals surface area contributed by atoms with Crippen molar-refractivity contribution in [3.8, 4) is 24.2 Å². The largest absolute Gasteiger partial charge is 0.396 e. The molecule has 0 aliphatic carbocycles. The van der Waals surface area contributed by atoms with Crippen LogP contribution < -0.4 is 0 Å². The van der Waals surface area contributed by atoms with Crippen molar-refractivity contribution in [2.45, 2.75) is 166 Å². The number of piperidine rings is 2. The zero-order valence-electron chi connectivity index (χ0n) is 57.0. The first kappa shape index (κ1) is 76.3. The molecule has 0 spiro atoms. The maximum Gasteiger partial charge on any atom is 0.124 e. The van der Waals surface area contributed by atoms with Crippen LogP contribution >= 0.6 is 38.5 Å². The summed E-state index contributed by atoms with van der Waals surface area (Å²) in [6, 6.07) is 48.7. The molecular weight excluding hydrogens is 1310 g/mol. The predicted molar refractivity (Wildman–Crippen MR) is 402 cm³/mol. The number of nitrogens with zero attached hydrogens (tertiary/aromatic N) is 5. The molecule has 0 saturated carbocycles. The second-order valence-electron chi connectivity index (χ2n) is 24.2. The Bertz CT molecular complexity index is 3540. The number of rotatable bonds is 14. The van der Waals surface area contributed by atoms with E-state index >= 15 is 0 Å². The highest BCUT2D eigenvalue weighted by Gasteiger charge is 2.17. The van der Waals surface area contributed by atoms with Gasteiger partial charge in [-0.05, 0) is 279 Å². The number of fused-ring (bicyclic) bond motifs is 2. The van der Waals surface area contributed by atoms with E-state index in [1.54, 1.807) is 0 Å². The van der Waals surface area contributed by atoms with Crippen LogP contribution in [0.1, 0.15) is 147 Å². The Morgan fingerprint density at radius 2 is 0.913 bits per heavy atom. The molecule has 9 aromatic rings. The Morgan fingerprint density at radius 3 is 1.36 bits per heavy atom. The van der Waals surface area contributed by atoms with E-state index in [9.17, 15) is 0 Å². The van der Waals surface area contributed by atoms with Crippen LogP contribution in [0, 0.1) is 97.0 Å². The molecular formula is C81H104BrIN6O3. The van der Waals surface area contributed by atoms with Gasteiger partial charge in [-0.25, -0.2) is 9.97 Å². The van der Waals surface area contributed by atoms with Gasteiger partial charge in [0.05, 0.1) is 35.2 Å². The predicted octanol–water partition coefficient (Wildman–Crippen LogP) is 17.8. The minimum Gasteiger partial charge on any atom is -0.396 e. The summed E-state index contributed by atoms with van der Waals surface area (Å²) in [6.07, 6.45) is 19.2. The van der Waals surface area contributed by atoms with Crippen LogP contribution in [0.25, 0.3) is 22.1 Å². The fourth-order valence-corrected chi connectivity index (χ4v) is 12.4. The monoisotopic (exact) mass is 1410 g/mol. The number of nitrogens with one attached hydrogen (secondary N) is 1. The molecule has 11 heteroatoms. The van der Waals surface area contributed by atoms with Gasteiger partial charge in [-0.2, -0.15) is 0 Å². The zero-order chi connectivity index (χ0) is 66.6. The topological polar surface area (TPSA) is 114 Å². The number of benzene rings is 7. The lowest BCUT2D eigenvalue weighted by Crippen LogP contribution is -2.30. The Hall–Kier alpha value is -6.39. The number of aliphatic hydroxyl groups excluding tert-OH is 3. The summed E-state index contributed by atoms with van der Waals surface area (Å²) in [4.78, 5) is 18.1. The zero-order valence-corrected chi connectivity index (χ0v) is 60.7. The van der Waals surface area contributed by atoms with Crippen molar-refractivity contribution in [2.75, 3.05) is 51.3 Å². The van der Waals surface area contributed by atoms with Crippen molar-refractivity contribution in [1.82, 2.24) is 29.3 Å². The van der Waals surface area contributed by atoms with E-state index in [1.807, 2.05) is 50.1 Å². The molecule has 7 aromatic carbocycles. The lowest BCUT2D eigenvalue weighted by Gasteiger charge is -2.26. The number of aryl methyl sites for hydroxylation is 11. The van der Waals surface area contributed by atoms with E-state index in [2.05, 4.69) is 246 Å². The highest BCUT2D eigenvalue weighted by molar-refractivity contribution is 14.1. The lowest BCUT2D eigenvalue weighted by molar-refractivity contribution is 0.213. The average molecular weight is 1420 g/mol. The number of imidazole rings is 2. The molecule has 490 valence electrons. The van der Waals surface area contributed by atoms with Gasteiger partial charge in [0, 0.05) is 27.6 Å². The summed E-state index contributed by atoms with van der Waals surface area (Å²) in [5, 5.41) is 26.0. The molecule has 2 fully saturated rings. The summed E-state index contributed by atoms with van der Waals surface area (Å²) in [7, 11) is 0. The maximum atomic E-state index is 8.71. The maximum absolute atomic E-state index is 8.71. The number of halogens is 2. The Kier molecular flexibility index (Phi) is 35.5. The summed E-state index contributed by atoms with van der Waals surface area (Å²) in [5.41, 5.74) is 23.5. The summed E-state index contributed by atoms with van der Waals surface area (Å²) >= 11 is 5.82. The summed E-state index contributed by atoms with van der Waals surface area (Å²) < 4.78 is 3.85. The van der Waals surface area contributed by atoms with Gasteiger partial charge >= 0.3 is 0 Å². The van der Waals surface area contributed by atoms with Gasteiger partial charge < -0.3 is 24.9 Å². The third-order valence-electron chi connectivity index (χ3n) is 16.9. The van der Waals surface area contributed by atoms with Gasteiger partial charge in [0.25, 0.3) is 0 Å². The van der Waals surface area contributed by atoms with Gasteiger partial charge in [0.1, 0.15) is 24.9 Å². The highest BCUT2D eigenvalue weighted by atomic mass is 127. The first-order valence-corrected chi connectivity index (χ1v) is 35.3. The van der Waals surface area contributed by atoms with Crippen molar-refractivity contribution in [3.63, 3.8) is 0 Å². The molecule has 2 saturated heterocycles. The van der Waals surface area contributed by atoms with Crippen LogP contribution in [0.2, 0.25) is 0 Å². The molecule has 0 radical (unpaired) electrons. The van der Waals surface area contributed by atoms with Crippen LogP contribution in [-0.2, 0) is 38.9 Å². The number of hydrogen-bond acceptors (Lipinski definition) is 7. The molecule has 2 aliphatic heterocycles. The summed E-state index contributed by atoms with van der Waals surface area (Å²) in [5.74, 6) is 9.90. The van der Waals surface area contributed by atoms with Gasteiger partial charge in [-0.3, -0.25) is 9.80 Å². The van der Waals surface area contributed by atoms with E-state index in [0.717, 1.165) is 89.7 Å². The second kappa shape index (κ2) is 42.8. The number of aromatic amines is 1. The first-order valence-electron chi connectivity index (χ1n) is 33.1. The van der Waals surface area contributed by atoms with Gasteiger partial charge in [-0.15, -0.1) is 6.42 Å². The van der Waals surface area contributed by atoms with E-state index in [1.165, 1.54) is 154 Å². The molecule has 0 unspecified atom stereocenters. The van der Waals surface area contributed by atoms with Crippen molar-refractivity contribution in [3.05, 3.63) is 233 Å². The van der Waals surface area contributed by atoms with Crippen LogP contribution in [0.15, 0.2) is 140 Å². The third-order valence-corrected chi connectivity index (χ3v) is 19.2. The van der Waals surface area contributed by atoms with Crippen molar-refractivity contribution >= 4 is 60.6 Å². The van der Waals surface area contributed by atoms with Crippen molar-refractivity contribution in [1.29, 1.82) is 0 Å². The molecule has 11 rings (SSSR count). The number of terminal acetylenes is 1. The van der Waals surface area contributed by atoms with E-state index < -0.39 is 0 Å². The fourth-order valence-electron chi connectivity index (χ4n) is 11.8. The van der Waals surface area contributed by atoms with Crippen molar-refractivity contribution in [2.24, 2.45) is 0 Å². The van der Waals surface area contributed by atoms with Crippen LogP contribution in [-0.4, -0.2) is 96.0 Å². The molecule has 2 aliphatic rings. The normalized spacial score (nSPS) is 12.7. The van der Waals surface area contributed by atoms with Crippen LogP contribution in [0.3, 0.4) is 0 Å². The molecule has 4 N–H and O–H groups in total. The minimum absolute atomic E-state index is 0.0756. The fraction of sp³-hybridized carbons (Fsp3) is 0.407. The molecule has 4 heterocycles. The highest BCUT2D eigenvalue weighted by Crippen LogP contribution is 2.23. The number of alkyl halides is 1. The van der Waals surface area contributed by atoms with Gasteiger partial charge in [0.15, 0.2) is 0 Å². The average Bonchev–Trinajstić information content (AvgIpc) is 2.01. The molecule has 0 amide bonds. The second-order valence-corrected chi connectivity index (χ2v) is 26.0. The number of aromatic nitrogens is 4. The number of H-pyrrole nitrogens is 1. The molecule has 0 bridgehead atoms. The van der Waals surface area contributed by atoms with E-state index in [4.69, 9.17) is 20.3 Å². The SMILES string of the molecule is C#CCO.Cc1cccc(C)c1C#CCO.Cc1cccc(C)c1CCCBr.Cc1cccc(C)c1CCCO.Cc1cccc(C)c1CCCn1c(CN2CCCCC2)nc2ccccc21.Cc1cccc(C)c1I.c1ccc2[nH]c(CN3CCCCC3)nc2c1. The van der Waals surface area contributed by atoms with E-state index in [0.29, 0.717) is 0 Å². The standard InChI is InChI=1S/C24H31N3.C13H17N3.C11H15Br.C11H16O.C11H12O.C8H9I.C3H4O/c1-19-10-8-11-20(2)21(19)12-9-17-27-23-14-5-4-13-22(23)25-24(27)18-26-15-6-3-7-16-26;1-4-8-16(9-5-1)10-13-14-11-6-2-3-7-12(11)15-13;3*1-9-5-3-6-10(2)11(9)7-4-8-12;1-6-4-3-5-7(2)8(6)9;1-2-3-4/h4-5,8,10-11,13-14H,3,6-7,9,12,15-18H2,1-2H3;2-3,6-7H,1,4-5,8-10H2,(H,14,15);3,5-6H,4,7-8H2,1-2H3;3,5-6,12H,4,7-8H2,1-2H3;3,5-6,12H,8H2,1-2H3;3-5H,1-2H3;1,4H,3H2. The van der Waals surface area contributed by atoms with Crippen LogP contribution in [0.4, 0.5) is 0 Å². The number of likely N-dealkylation sites (tertiary alicyclic amines) is 2. The Balaban J connectivity index is 0.000000207. The molecule has 92 heavy (non-hydrogen) atoms. The van der Waals surface area contributed by atoms with Crippen molar-refractivity contribution < 1.29 is 15.3 Å². The molecule has 0 atom stereocenters. The van der Waals surface area contributed by atoms with Crippen LogP contribution in [0.5, 0.6) is 0 Å². The molecule has 9 nitrogen and oxygen atoms in total. The number of aliphatic hydroxyl groups is 3. The molecule has 2 aromatic heterocycles. The Morgan fingerprint density at radius 1 is 0.489 bits per heavy atom. The Labute approximate surface area is 575 Å². The first-order chi connectivity index (χ1) is 44.5. The third kappa shape index (κ3) is 25.8.